The summed E-state index contributed by atoms with van der Waals surface area (Å²) in [5.74, 6) is 0.288. The van der Waals surface area contributed by atoms with Gasteiger partial charge in [0.2, 0.25) is 5.88 Å². The predicted octanol–water partition coefficient (Wildman–Crippen LogP) is 2.78. The van der Waals surface area contributed by atoms with E-state index in [1.165, 1.54) is 12.4 Å². The molecule has 0 bridgehead atoms. The lowest BCUT2D eigenvalue weighted by molar-refractivity contribution is 0.318. The van der Waals surface area contributed by atoms with E-state index in [4.69, 9.17) is 27.3 Å². The van der Waals surface area contributed by atoms with Crippen LogP contribution >= 0.6 is 27.5 Å². The molecule has 0 saturated heterocycles. The van der Waals surface area contributed by atoms with Gasteiger partial charge in [-0.2, -0.15) is 0 Å². The van der Waals surface area contributed by atoms with Crippen LogP contribution in [-0.2, 0) is 0 Å². The molecule has 0 radical (unpaired) electrons. The lowest BCUT2D eigenvalue weighted by Crippen LogP contribution is -2.16. The first-order valence-electron chi connectivity index (χ1n) is 5.03. The van der Waals surface area contributed by atoms with Gasteiger partial charge in [0.25, 0.3) is 0 Å². The standard InChI is InChI=1S/C11H8BrClN4O2/c12-6-1-2-8(7(13)5-6)19-11-9(10(14)17-18)15-3-4-16-11/h1-5,18H,(H2,14,17). The third-order valence-corrected chi connectivity index (χ3v) is 2.90. The first-order valence-corrected chi connectivity index (χ1v) is 6.20. The van der Waals surface area contributed by atoms with Crippen LogP contribution < -0.4 is 10.5 Å². The van der Waals surface area contributed by atoms with Crippen molar-refractivity contribution in [2.75, 3.05) is 0 Å². The van der Waals surface area contributed by atoms with Crippen LogP contribution in [0.25, 0.3) is 0 Å². The molecule has 98 valence electrons. The van der Waals surface area contributed by atoms with Crippen molar-refractivity contribution in [3.8, 4) is 11.6 Å². The van der Waals surface area contributed by atoms with Gasteiger partial charge in [0, 0.05) is 16.9 Å². The zero-order valence-electron chi connectivity index (χ0n) is 9.42. The Labute approximate surface area is 122 Å². The Hall–Kier alpha value is -1.86. The number of amidine groups is 1. The Morgan fingerprint density at radius 3 is 2.79 bits per heavy atom. The summed E-state index contributed by atoms with van der Waals surface area (Å²) in [6.07, 6.45) is 2.83. The third-order valence-electron chi connectivity index (χ3n) is 2.12. The summed E-state index contributed by atoms with van der Waals surface area (Å²) in [6, 6.07) is 5.11. The summed E-state index contributed by atoms with van der Waals surface area (Å²) in [5.41, 5.74) is 5.62. The van der Waals surface area contributed by atoms with E-state index in [1.807, 2.05) is 0 Å². The predicted molar refractivity (Wildman–Crippen MR) is 73.8 cm³/mol. The number of aromatic nitrogens is 2. The van der Waals surface area contributed by atoms with Crippen LogP contribution in [-0.4, -0.2) is 21.0 Å². The van der Waals surface area contributed by atoms with Gasteiger partial charge in [0.15, 0.2) is 11.5 Å². The number of halogens is 2. The molecular weight excluding hydrogens is 336 g/mol. The van der Waals surface area contributed by atoms with Crippen LogP contribution in [0.3, 0.4) is 0 Å². The topological polar surface area (TPSA) is 93.6 Å². The third kappa shape index (κ3) is 3.12. The Kier molecular flexibility index (Phi) is 4.18. The van der Waals surface area contributed by atoms with E-state index in [-0.39, 0.29) is 17.4 Å². The minimum atomic E-state index is -0.198. The second-order valence-electron chi connectivity index (χ2n) is 3.37. The summed E-state index contributed by atoms with van der Waals surface area (Å²) < 4.78 is 6.34. The monoisotopic (exact) mass is 342 g/mol. The van der Waals surface area contributed by atoms with Crippen molar-refractivity contribution in [2.24, 2.45) is 10.9 Å². The molecule has 0 aliphatic carbocycles. The smallest absolute Gasteiger partial charge is 0.249 e. The first-order chi connectivity index (χ1) is 9.11. The summed E-state index contributed by atoms with van der Waals surface area (Å²) in [5, 5.41) is 11.9. The number of ether oxygens (including phenoxy) is 1. The molecule has 0 aliphatic rings. The van der Waals surface area contributed by atoms with Crippen LogP contribution in [0.1, 0.15) is 5.69 Å². The molecule has 1 aromatic heterocycles. The van der Waals surface area contributed by atoms with Crippen molar-refractivity contribution in [1.82, 2.24) is 9.97 Å². The van der Waals surface area contributed by atoms with E-state index in [9.17, 15) is 0 Å². The molecule has 2 aromatic rings. The fourth-order valence-corrected chi connectivity index (χ4v) is 2.00. The van der Waals surface area contributed by atoms with E-state index in [0.717, 1.165) is 4.47 Å². The highest BCUT2D eigenvalue weighted by molar-refractivity contribution is 9.10. The molecule has 0 spiro atoms. The molecule has 0 aliphatic heterocycles. The normalized spacial score (nSPS) is 11.4. The average Bonchev–Trinajstić information content (AvgIpc) is 2.41. The summed E-state index contributed by atoms with van der Waals surface area (Å²) in [6.45, 7) is 0. The van der Waals surface area contributed by atoms with Crippen LogP contribution in [0.2, 0.25) is 5.02 Å². The minimum Gasteiger partial charge on any atom is -0.435 e. The Morgan fingerprint density at radius 2 is 2.11 bits per heavy atom. The van der Waals surface area contributed by atoms with Crippen molar-refractivity contribution in [2.45, 2.75) is 0 Å². The Morgan fingerprint density at radius 1 is 1.37 bits per heavy atom. The van der Waals surface area contributed by atoms with Gasteiger partial charge in [-0.3, -0.25) is 0 Å². The zero-order valence-corrected chi connectivity index (χ0v) is 11.8. The van der Waals surface area contributed by atoms with Gasteiger partial charge in [-0.1, -0.05) is 32.7 Å². The number of nitrogens with two attached hydrogens (primary N) is 1. The molecule has 19 heavy (non-hydrogen) atoms. The molecule has 1 heterocycles. The maximum atomic E-state index is 8.68. The van der Waals surface area contributed by atoms with Crippen LogP contribution in [0.4, 0.5) is 0 Å². The maximum absolute atomic E-state index is 8.68. The van der Waals surface area contributed by atoms with Crippen molar-refractivity contribution >= 4 is 33.4 Å². The highest BCUT2D eigenvalue weighted by atomic mass is 79.9. The summed E-state index contributed by atoms with van der Waals surface area (Å²) in [7, 11) is 0. The van der Waals surface area contributed by atoms with E-state index >= 15 is 0 Å². The molecule has 3 N–H and O–H groups in total. The quantitative estimate of drug-likeness (QED) is 0.387. The molecule has 1 aromatic carbocycles. The van der Waals surface area contributed by atoms with Crippen LogP contribution in [0, 0.1) is 0 Å². The Balaban J connectivity index is 2.38. The highest BCUT2D eigenvalue weighted by Gasteiger charge is 2.13. The van der Waals surface area contributed by atoms with Gasteiger partial charge in [-0.25, -0.2) is 9.97 Å². The van der Waals surface area contributed by atoms with E-state index < -0.39 is 0 Å². The largest absolute Gasteiger partial charge is 0.435 e. The molecule has 6 nitrogen and oxygen atoms in total. The van der Waals surface area contributed by atoms with Crippen molar-refractivity contribution in [3.63, 3.8) is 0 Å². The van der Waals surface area contributed by atoms with E-state index in [2.05, 4.69) is 31.1 Å². The van der Waals surface area contributed by atoms with Gasteiger partial charge in [0.1, 0.15) is 5.75 Å². The molecular formula is C11H8BrClN4O2. The first kappa shape index (κ1) is 13.6. The van der Waals surface area contributed by atoms with Crippen LogP contribution in [0.15, 0.2) is 40.2 Å². The molecule has 8 heteroatoms. The molecule has 0 unspecified atom stereocenters. The summed E-state index contributed by atoms with van der Waals surface area (Å²) in [4.78, 5) is 7.92. The summed E-state index contributed by atoms with van der Waals surface area (Å²) >= 11 is 9.32. The highest BCUT2D eigenvalue weighted by Crippen LogP contribution is 2.31. The number of nitrogens with zero attached hydrogens (tertiary/aromatic N) is 3. The van der Waals surface area contributed by atoms with Gasteiger partial charge >= 0.3 is 0 Å². The second-order valence-corrected chi connectivity index (χ2v) is 4.70. The fraction of sp³-hybridized carbons (Fsp3) is 0. The second kappa shape index (κ2) is 5.85. The van der Waals surface area contributed by atoms with Gasteiger partial charge < -0.3 is 15.7 Å². The fourth-order valence-electron chi connectivity index (χ4n) is 1.29. The van der Waals surface area contributed by atoms with E-state index in [0.29, 0.717) is 10.8 Å². The lowest BCUT2D eigenvalue weighted by Gasteiger charge is -2.09. The molecule has 0 atom stereocenters. The number of hydrogen-bond acceptors (Lipinski definition) is 5. The number of rotatable bonds is 3. The SMILES string of the molecule is NC(=NO)c1nccnc1Oc1ccc(Br)cc1Cl. The van der Waals surface area contributed by atoms with Crippen molar-refractivity contribution < 1.29 is 9.94 Å². The Bertz CT molecular complexity index is 636. The number of benzene rings is 1. The zero-order chi connectivity index (χ0) is 13.8. The molecule has 2 rings (SSSR count). The van der Waals surface area contributed by atoms with Crippen molar-refractivity contribution in [1.29, 1.82) is 0 Å². The molecule has 0 fully saturated rings. The number of hydrogen-bond donors (Lipinski definition) is 2. The minimum absolute atomic E-state index is 0.0991. The lowest BCUT2D eigenvalue weighted by atomic mass is 10.3. The number of oxime groups is 1. The van der Waals surface area contributed by atoms with Crippen molar-refractivity contribution in [3.05, 3.63) is 45.8 Å². The maximum Gasteiger partial charge on any atom is 0.249 e. The average molecular weight is 344 g/mol. The van der Waals surface area contributed by atoms with Gasteiger partial charge in [0.05, 0.1) is 5.02 Å². The molecule has 0 saturated carbocycles. The van der Waals surface area contributed by atoms with Crippen LogP contribution in [0.5, 0.6) is 11.6 Å². The van der Waals surface area contributed by atoms with Gasteiger partial charge in [-0.15, -0.1) is 0 Å². The molecule has 0 amide bonds. The van der Waals surface area contributed by atoms with E-state index in [1.54, 1.807) is 18.2 Å². The van der Waals surface area contributed by atoms with Gasteiger partial charge in [-0.05, 0) is 18.2 Å².